The lowest BCUT2D eigenvalue weighted by atomic mass is 9.90. The van der Waals surface area contributed by atoms with Crippen LogP contribution in [0.25, 0.3) is 0 Å². The molecule has 0 atom stereocenters. The monoisotopic (exact) mass is 458 g/mol. The summed E-state index contributed by atoms with van der Waals surface area (Å²) in [7, 11) is 1.74. The molecule has 2 saturated heterocycles. The number of carboxylic acids is 1. The first-order chi connectivity index (χ1) is 14.2. The first kappa shape index (κ1) is 25.7. The molecule has 0 aliphatic carbocycles. The molecule has 0 aromatic heterocycles. The molecular weight excluding hydrogens is 425 g/mol. The van der Waals surface area contributed by atoms with Gasteiger partial charge in [-0.3, -0.25) is 4.79 Å². The van der Waals surface area contributed by atoms with E-state index in [1.54, 1.807) is 11.4 Å². The summed E-state index contributed by atoms with van der Waals surface area (Å²) in [5.41, 5.74) is -0.969. The van der Waals surface area contributed by atoms with E-state index in [0.717, 1.165) is 57.4 Å². The molecule has 2 aliphatic rings. The Balaban J connectivity index is 1.56. The van der Waals surface area contributed by atoms with Gasteiger partial charge >= 0.3 is 12.1 Å². The topological polar surface area (TPSA) is 71.5 Å². The van der Waals surface area contributed by atoms with Gasteiger partial charge in [0, 0.05) is 52.8 Å². The second-order valence-electron chi connectivity index (χ2n) is 7.94. The van der Waals surface area contributed by atoms with Gasteiger partial charge in [0.2, 0.25) is 0 Å². The van der Waals surface area contributed by atoms with Gasteiger partial charge < -0.3 is 14.6 Å². The van der Waals surface area contributed by atoms with Crippen molar-refractivity contribution in [1.29, 1.82) is 0 Å². The van der Waals surface area contributed by atoms with Crippen molar-refractivity contribution < 1.29 is 36.8 Å². The van der Waals surface area contributed by atoms with Gasteiger partial charge in [-0.2, -0.15) is 18.2 Å². The fourth-order valence-electron chi connectivity index (χ4n) is 3.74. The van der Waals surface area contributed by atoms with Crippen LogP contribution < -0.4 is 0 Å². The minimum atomic E-state index is -4.15. The first-order valence-electron chi connectivity index (χ1n) is 10.5. The Labute approximate surface area is 180 Å². The predicted molar refractivity (Wildman–Crippen MR) is 106 cm³/mol. The maximum atomic E-state index is 12.0. The minimum absolute atomic E-state index is 0.262. The summed E-state index contributed by atoms with van der Waals surface area (Å²) >= 11 is 1.07. The third-order valence-corrected chi connectivity index (χ3v) is 6.68. The number of hydrogen-bond acceptors (Lipinski definition) is 7. The number of piperidine rings is 1. The number of halogens is 3. The lowest BCUT2D eigenvalue weighted by Crippen LogP contribution is -2.53. The number of unbranched alkanes of at least 4 members (excludes halogenated alkanes) is 1. The zero-order valence-electron chi connectivity index (χ0n) is 17.5. The second kappa shape index (κ2) is 12.4. The molecule has 0 radical (unpaired) electrons. The smallest absolute Gasteiger partial charge is 0.391 e. The Morgan fingerprint density at radius 3 is 2.50 bits per heavy atom. The molecule has 0 unspecified atom stereocenters. The van der Waals surface area contributed by atoms with E-state index in [1.165, 1.54) is 0 Å². The van der Waals surface area contributed by atoms with E-state index in [0.29, 0.717) is 38.6 Å². The number of alkyl halides is 3. The number of aliphatic carboxylic acids is 1. The molecular formula is C19H33F3N2O5S. The lowest BCUT2D eigenvalue weighted by molar-refractivity contribution is -0.153. The molecule has 11 heteroatoms. The maximum Gasteiger partial charge on any atom is 0.391 e. The molecule has 2 fully saturated rings. The molecule has 7 nitrogen and oxygen atoms in total. The van der Waals surface area contributed by atoms with Crippen molar-refractivity contribution in [1.82, 2.24) is 9.37 Å². The molecule has 0 saturated carbocycles. The largest absolute Gasteiger partial charge is 0.480 e. The van der Waals surface area contributed by atoms with Gasteiger partial charge in [-0.1, -0.05) is 12.8 Å². The average molecular weight is 459 g/mol. The highest BCUT2D eigenvalue weighted by Gasteiger charge is 2.45. The van der Waals surface area contributed by atoms with E-state index in [9.17, 15) is 23.1 Å². The Hall–Kier alpha value is -0.590. The minimum Gasteiger partial charge on any atom is -0.480 e. The molecule has 2 rings (SSSR count). The van der Waals surface area contributed by atoms with Crippen molar-refractivity contribution in [3.63, 3.8) is 0 Å². The number of ether oxygens (including phenoxy) is 2. The van der Waals surface area contributed by atoms with E-state index in [1.807, 2.05) is 5.06 Å². The Kier molecular flexibility index (Phi) is 10.7. The molecule has 176 valence electrons. The van der Waals surface area contributed by atoms with Crippen molar-refractivity contribution in [2.24, 2.45) is 5.92 Å². The van der Waals surface area contributed by atoms with Crippen LogP contribution in [0.3, 0.4) is 0 Å². The Morgan fingerprint density at radius 2 is 1.90 bits per heavy atom. The third kappa shape index (κ3) is 8.51. The summed E-state index contributed by atoms with van der Waals surface area (Å²) < 4.78 is 53.9. The van der Waals surface area contributed by atoms with E-state index in [-0.39, 0.29) is 6.61 Å². The number of rotatable bonds is 12. The average Bonchev–Trinajstić information content (AvgIpc) is 2.71. The molecule has 0 aromatic rings. The van der Waals surface area contributed by atoms with Crippen molar-refractivity contribution in [2.75, 3.05) is 46.6 Å². The Morgan fingerprint density at radius 1 is 1.23 bits per heavy atom. The summed E-state index contributed by atoms with van der Waals surface area (Å²) in [6.07, 6.45) is 0.533. The van der Waals surface area contributed by atoms with Gasteiger partial charge in [-0.25, -0.2) is 8.59 Å². The van der Waals surface area contributed by atoms with Gasteiger partial charge in [0.05, 0.1) is 13.0 Å². The normalized spacial score (nSPS) is 21.2. The molecule has 0 spiro atoms. The van der Waals surface area contributed by atoms with E-state index in [2.05, 4.69) is 0 Å². The van der Waals surface area contributed by atoms with Crippen molar-refractivity contribution >= 4 is 18.2 Å². The SMILES string of the molecule is CN(SON1CCC(CCCCOCCC(F)(F)F)CC1)C1(C(=O)O)CCOCC1. The second-order valence-corrected chi connectivity index (χ2v) is 8.79. The summed E-state index contributed by atoms with van der Waals surface area (Å²) in [6, 6.07) is 0. The standard InChI is InChI=1S/C19H33F3N2O5S/c1-23(18(17(25)26)7-13-28-14-8-18)30-29-24-10-5-16(6-11-24)4-2-3-12-27-15-9-19(20,21)22/h16H,2-15H2,1H3,(H,25,26). The van der Waals surface area contributed by atoms with Crippen molar-refractivity contribution in [3.8, 4) is 0 Å². The van der Waals surface area contributed by atoms with Crippen LogP contribution in [0.4, 0.5) is 13.2 Å². The molecule has 0 aromatic carbocycles. The quantitative estimate of drug-likeness (QED) is 0.268. The van der Waals surface area contributed by atoms with Crippen LogP contribution in [-0.4, -0.2) is 78.7 Å². The van der Waals surface area contributed by atoms with Crippen LogP contribution >= 0.6 is 12.2 Å². The summed E-state index contributed by atoms with van der Waals surface area (Å²) in [4.78, 5) is 11.8. The van der Waals surface area contributed by atoms with E-state index < -0.39 is 24.1 Å². The molecule has 2 heterocycles. The van der Waals surface area contributed by atoms with Crippen LogP contribution in [0.5, 0.6) is 0 Å². The molecule has 30 heavy (non-hydrogen) atoms. The lowest BCUT2D eigenvalue weighted by Gasteiger charge is -2.40. The van der Waals surface area contributed by atoms with Crippen LogP contribution in [0.15, 0.2) is 0 Å². The van der Waals surface area contributed by atoms with E-state index >= 15 is 0 Å². The van der Waals surface area contributed by atoms with E-state index in [4.69, 9.17) is 13.8 Å². The summed E-state index contributed by atoms with van der Waals surface area (Å²) in [5.74, 6) is -0.283. The number of likely N-dealkylation sites (N-methyl/N-ethyl adjacent to an activating group) is 1. The molecule has 0 bridgehead atoms. The van der Waals surface area contributed by atoms with Crippen LogP contribution in [0.2, 0.25) is 0 Å². The molecule has 2 aliphatic heterocycles. The van der Waals surface area contributed by atoms with Gasteiger partial charge in [0.15, 0.2) is 0 Å². The number of hydrogen-bond donors (Lipinski definition) is 1. The molecule has 0 amide bonds. The summed E-state index contributed by atoms with van der Waals surface area (Å²) in [5, 5.41) is 11.5. The highest BCUT2D eigenvalue weighted by atomic mass is 32.2. The highest BCUT2D eigenvalue weighted by molar-refractivity contribution is 7.92. The van der Waals surface area contributed by atoms with Crippen molar-refractivity contribution in [2.45, 2.75) is 63.1 Å². The van der Waals surface area contributed by atoms with Gasteiger partial charge in [-0.15, -0.1) is 0 Å². The zero-order chi connectivity index (χ0) is 22.0. The number of carboxylic acid groups (broad SMARTS) is 1. The predicted octanol–water partition coefficient (Wildman–Crippen LogP) is 3.90. The fourth-order valence-corrected chi connectivity index (χ4v) is 4.49. The van der Waals surface area contributed by atoms with Crippen LogP contribution in [0, 0.1) is 5.92 Å². The number of nitrogens with zero attached hydrogens (tertiary/aromatic N) is 2. The van der Waals surface area contributed by atoms with Crippen LogP contribution in [0.1, 0.15) is 51.4 Å². The van der Waals surface area contributed by atoms with Gasteiger partial charge in [0.25, 0.3) is 0 Å². The zero-order valence-corrected chi connectivity index (χ0v) is 18.3. The van der Waals surface area contributed by atoms with Crippen LogP contribution in [-0.2, 0) is 18.6 Å². The van der Waals surface area contributed by atoms with Crippen molar-refractivity contribution in [3.05, 3.63) is 0 Å². The first-order valence-corrected chi connectivity index (χ1v) is 11.2. The summed E-state index contributed by atoms with van der Waals surface area (Å²) in [6.45, 7) is 2.51. The molecule has 1 N–H and O–H groups in total. The highest BCUT2D eigenvalue weighted by Crippen LogP contribution is 2.34. The number of hydroxylamine groups is 2. The Bertz CT molecular complexity index is 513. The fraction of sp³-hybridized carbons (Fsp3) is 0.947. The number of carbonyl (C=O) groups is 1. The maximum absolute atomic E-state index is 12.0. The van der Waals surface area contributed by atoms with Gasteiger partial charge in [-0.05, 0) is 25.2 Å². The van der Waals surface area contributed by atoms with Gasteiger partial charge in [0.1, 0.15) is 17.8 Å². The third-order valence-electron chi connectivity index (χ3n) is 5.83.